The Hall–Kier alpha value is -1.93. The molecule has 1 aliphatic rings. The van der Waals surface area contributed by atoms with E-state index < -0.39 is 17.7 Å². The summed E-state index contributed by atoms with van der Waals surface area (Å²) in [6, 6.07) is 6.94. The molecule has 0 saturated carbocycles. The molecule has 25 heavy (non-hydrogen) atoms. The fraction of sp³-hybridized carbons (Fsp3) is 0.412. The Morgan fingerprint density at radius 2 is 1.84 bits per heavy atom. The predicted octanol–water partition coefficient (Wildman–Crippen LogP) is 1.98. The van der Waals surface area contributed by atoms with E-state index in [1.54, 1.807) is 12.1 Å². The number of carboxylic acid groups (broad SMARTS) is 2. The summed E-state index contributed by atoms with van der Waals surface area (Å²) in [6.07, 6.45) is 1.12. The lowest BCUT2D eigenvalue weighted by Gasteiger charge is -2.46. The molecule has 1 heterocycles. The second-order valence-corrected chi connectivity index (χ2v) is 6.69. The summed E-state index contributed by atoms with van der Waals surface area (Å²) in [7, 11) is 0. The summed E-state index contributed by atoms with van der Waals surface area (Å²) in [4.78, 5) is 19.1. The molecule has 0 aromatic heterocycles. The van der Waals surface area contributed by atoms with Gasteiger partial charge in [0.25, 0.3) is 0 Å². The number of ether oxygens (including phenoxy) is 1. The van der Waals surface area contributed by atoms with Crippen molar-refractivity contribution in [2.24, 2.45) is 0 Å². The summed E-state index contributed by atoms with van der Waals surface area (Å²) >= 11 is 5.94. The fourth-order valence-electron chi connectivity index (χ4n) is 2.33. The van der Waals surface area contributed by atoms with Crippen molar-refractivity contribution in [3.8, 4) is 0 Å². The van der Waals surface area contributed by atoms with Gasteiger partial charge in [0.15, 0.2) is 0 Å². The van der Waals surface area contributed by atoms with Crippen molar-refractivity contribution >= 4 is 23.5 Å². The molecule has 7 nitrogen and oxygen atoms in total. The summed E-state index contributed by atoms with van der Waals surface area (Å²) in [6.45, 7) is 6.43. The number of benzene rings is 1. The minimum absolute atomic E-state index is 0.135. The zero-order valence-electron chi connectivity index (χ0n) is 14.2. The summed E-state index contributed by atoms with van der Waals surface area (Å²) in [5.74, 6) is -3.83. The van der Waals surface area contributed by atoms with Gasteiger partial charge in [-0.2, -0.15) is 0 Å². The molecule has 0 aliphatic carbocycles. The number of carboxylic acids is 2. The van der Waals surface area contributed by atoms with Crippen LogP contribution >= 0.6 is 11.6 Å². The molecular weight excluding hydrogens is 350 g/mol. The van der Waals surface area contributed by atoms with Crippen molar-refractivity contribution in [1.82, 2.24) is 5.32 Å². The van der Waals surface area contributed by atoms with Crippen molar-refractivity contribution in [3.05, 3.63) is 47.0 Å². The Bertz CT molecular complexity index is 644. The molecule has 0 amide bonds. The number of nitrogens with one attached hydrogen (secondary N) is 1. The van der Waals surface area contributed by atoms with Crippen LogP contribution in [0.2, 0.25) is 5.02 Å². The van der Waals surface area contributed by atoms with Gasteiger partial charge in [-0.1, -0.05) is 23.7 Å². The van der Waals surface area contributed by atoms with Gasteiger partial charge in [0, 0.05) is 28.3 Å². The first-order chi connectivity index (χ1) is 11.5. The molecule has 0 radical (unpaired) electrons. The number of morpholine rings is 1. The van der Waals surface area contributed by atoms with Gasteiger partial charge < -0.3 is 25.4 Å². The molecule has 0 bridgehead atoms. The molecule has 0 unspecified atom stereocenters. The van der Waals surface area contributed by atoms with Gasteiger partial charge in [0.1, 0.15) is 0 Å². The zero-order valence-corrected chi connectivity index (χ0v) is 14.9. The third-order valence-electron chi connectivity index (χ3n) is 3.45. The molecule has 2 atom stereocenters. The minimum atomic E-state index is -1.32. The highest BCUT2D eigenvalue weighted by Crippen LogP contribution is 2.33. The van der Waals surface area contributed by atoms with E-state index in [4.69, 9.17) is 26.6 Å². The highest BCUT2D eigenvalue weighted by molar-refractivity contribution is 6.30. The second kappa shape index (κ2) is 8.44. The number of rotatable bonds is 3. The number of hydrogen-bond acceptors (Lipinski definition) is 5. The third-order valence-corrected chi connectivity index (χ3v) is 3.69. The van der Waals surface area contributed by atoms with Gasteiger partial charge in [-0.3, -0.25) is 0 Å². The molecule has 1 fully saturated rings. The average molecular weight is 372 g/mol. The lowest BCUT2D eigenvalue weighted by molar-refractivity contribution is -0.263. The monoisotopic (exact) mass is 371 g/mol. The Kier molecular flexibility index (Phi) is 7.13. The second-order valence-electron chi connectivity index (χ2n) is 6.26. The number of carbonyl (C=O) groups is 2. The lowest BCUT2D eigenvalue weighted by atomic mass is 9.93. The first-order valence-corrected chi connectivity index (χ1v) is 7.88. The van der Waals surface area contributed by atoms with Crippen LogP contribution in [0.15, 0.2) is 36.4 Å². The SMILES string of the molecule is C[C@@H]1NC(C)(C)CO[C@@]1(O)c1cccc(Cl)c1.O=C(O)C=CC(=O)O. The summed E-state index contributed by atoms with van der Waals surface area (Å²) in [5.41, 5.74) is 0.546. The Balaban J connectivity index is 0.000000333. The van der Waals surface area contributed by atoms with Crippen LogP contribution in [0.5, 0.6) is 0 Å². The van der Waals surface area contributed by atoms with Crippen LogP contribution < -0.4 is 5.32 Å². The smallest absolute Gasteiger partial charge is 0.328 e. The van der Waals surface area contributed by atoms with Gasteiger partial charge in [-0.25, -0.2) is 9.59 Å². The maximum Gasteiger partial charge on any atom is 0.328 e. The van der Waals surface area contributed by atoms with Gasteiger partial charge in [0.05, 0.1) is 12.6 Å². The van der Waals surface area contributed by atoms with Gasteiger partial charge in [-0.05, 0) is 32.9 Å². The average Bonchev–Trinajstić information content (AvgIpc) is 2.50. The van der Waals surface area contributed by atoms with Crippen molar-refractivity contribution < 1.29 is 29.6 Å². The van der Waals surface area contributed by atoms with Crippen LogP contribution in [0, 0.1) is 0 Å². The predicted molar refractivity (Wildman–Crippen MR) is 92.4 cm³/mol. The van der Waals surface area contributed by atoms with Crippen LogP contribution in [-0.4, -0.2) is 45.4 Å². The first-order valence-electron chi connectivity index (χ1n) is 7.50. The molecular formula is C17H22ClNO6. The molecule has 138 valence electrons. The maximum atomic E-state index is 10.6. The Labute approximate surface area is 150 Å². The van der Waals surface area contributed by atoms with E-state index in [0.717, 1.165) is 0 Å². The van der Waals surface area contributed by atoms with Crippen molar-refractivity contribution in [2.45, 2.75) is 38.1 Å². The molecule has 2 rings (SSSR count). The van der Waals surface area contributed by atoms with E-state index in [-0.39, 0.29) is 11.6 Å². The number of aliphatic carboxylic acids is 2. The summed E-state index contributed by atoms with van der Waals surface area (Å²) in [5, 5.41) is 30.2. The topological polar surface area (TPSA) is 116 Å². The molecule has 1 aromatic rings. The first kappa shape index (κ1) is 21.1. The molecule has 0 spiro atoms. The maximum absolute atomic E-state index is 10.6. The van der Waals surface area contributed by atoms with Gasteiger partial charge in [-0.15, -0.1) is 0 Å². The fourth-order valence-corrected chi connectivity index (χ4v) is 2.52. The van der Waals surface area contributed by atoms with Crippen LogP contribution in [0.1, 0.15) is 26.3 Å². The van der Waals surface area contributed by atoms with Crippen LogP contribution in [-0.2, 0) is 20.1 Å². The highest BCUT2D eigenvalue weighted by atomic mass is 35.5. The molecule has 8 heteroatoms. The Morgan fingerprint density at radius 1 is 1.28 bits per heavy atom. The standard InChI is InChI=1S/C13H18ClNO2.C4H4O4/c1-9-13(16,17-8-12(2,3)15-9)10-5-4-6-11(14)7-10;5-3(6)1-2-4(7)8/h4-7,9,15-16H,8H2,1-3H3;1-2H,(H,5,6)(H,7,8)/t9-,13+;/m0./s1. The lowest BCUT2D eigenvalue weighted by Crippen LogP contribution is -2.63. The third kappa shape index (κ3) is 6.47. The van der Waals surface area contributed by atoms with Crippen molar-refractivity contribution in [1.29, 1.82) is 0 Å². The summed E-state index contributed by atoms with van der Waals surface area (Å²) < 4.78 is 5.67. The molecule has 4 N–H and O–H groups in total. The van der Waals surface area contributed by atoms with E-state index in [1.165, 1.54) is 0 Å². The van der Waals surface area contributed by atoms with Crippen molar-refractivity contribution in [3.63, 3.8) is 0 Å². The molecule has 1 aliphatic heterocycles. The van der Waals surface area contributed by atoms with Crippen molar-refractivity contribution in [2.75, 3.05) is 6.61 Å². The van der Waals surface area contributed by atoms with Gasteiger partial charge >= 0.3 is 11.9 Å². The quantitative estimate of drug-likeness (QED) is 0.600. The van der Waals surface area contributed by atoms with E-state index in [1.807, 2.05) is 32.9 Å². The largest absolute Gasteiger partial charge is 0.478 e. The minimum Gasteiger partial charge on any atom is -0.478 e. The van der Waals surface area contributed by atoms with E-state index in [9.17, 15) is 14.7 Å². The number of halogens is 1. The zero-order chi connectivity index (χ0) is 19.3. The highest BCUT2D eigenvalue weighted by Gasteiger charge is 2.44. The number of aliphatic hydroxyl groups is 1. The van der Waals surface area contributed by atoms with Gasteiger partial charge in [0.2, 0.25) is 5.79 Å². The number of hydrogen-bond donors (Lipinski definition) is 4. The molecule has 1 aromatic carbocycles. The van der Waals surface area contributed by atoms with Crippen LogP contribution in [0.4, 0.5) is 0 Å². The van der Waals surface area contributed by atoms with E-state index in [2.05, 4.69) is 5.32 Å². The van der Waals surface area contributed by atoms with E-state index >= 15 is 0 Å². The van der Waals surface area contributed by atoms with E-state index in [0.29, 0.717) is 29.3 Å². The Morgan fingerprint density at radius 3 is 2.28 bits per heavy atom. The normalized spacial score (nSPS) is 25.1. The molecule has 1 saturated heterocycles. The van der Waals surface area contributed by atoms with Crippen LogP contribution in [0.3, 0.4) is 0 Å². The van der Waals surface area contributed by atoms with Crippen LogP contribution in [0.25, 0.3) is 0 Å².